The molecule has 9 heteroatoms. The Hall–Kier alpha value is -1.94. The summed E-state index contributed by atoms with van der Waals surface area (Å²) in [6, 6.07) is 6.26. The van der Waals surface area contributed by atoms with Crippen molar-refractivity contribution in [1.82, 2.24) is 14.9 Å². The summed E-state index contributed by atoms with van der Waals surface area (Å²) in [6.45, 7) is 2.87. The van der Waals surface area contributed by atoms with Crippen molar-refractivity contribution in [2.45, 2.75) is 25.1 Å². The highest BCUT2D eigenvalue weighted by atomic mass is 32.2. The molecule has 0 bridgehead atoms. The van der Waals surface area contributed by atoms with E-state index in [-0.39, 0.29) is 17.5 Å². The van der Waals surface area contributed by atoms with Gasteiger partial charge in [0.1, 0.15) is 10.7 Å². The lowest BCUT2D eigenvalue weighted by Crippen LogP contribution is -2.39. The van der Waals surface area contributed by atoms with Gasteiger partial charge in [0, 0.05) is 27.2 Å². The van der Waals surface area contributed by atoms with Gasteiger partial charge in [0.25, 0.3) is 5.56 Å². The van der Waals surface area contributed by atoms with Gasteiger partial charge in [-0.15, -0.1) is 45.8 Å². The predicted molar refractivity (Wildman–Crippen MR) is 128 cm³/mol. The Morgan fingerprint density at radius 3 is 3.03 bits per heavy atom. The number of amides is 1. The molecule has 0 fully saturated rings. The van der Waals surface area contributed by atoms with Crippen molar-refractivity contribution in [3.63, 3.8) is 0 Å². The van der Waals surface area contributed by atoms with Crippen LogP contribution in [0.4, 0.5) is 0 Å². The third-order valence-corrected chi connectivity index (χ3v) is 9.04. The molecule has 5 rings (SSSR count). The van der Waals surface area contributed by atoms with Crippen LogP contribution in [0.3, 0.4) is 0 Å². The number of aromatic nitrogens is 2. The molecule has 0 aromatic carbocycles. The van der Waals surface area contributed by atoms with Crippen LogP contribution in [-0.2, 0) is 17.0 Å². The first-order valence-corrected chi connectivity index (χ1v) is 13.4. The Bertz CT molecular complexity index is 1260. The van der Waals surface area contributed by atoms with Crippen LogP contribution in [0.5, 0.6) is 0 Å². The van der Waals surface area contributed by atoms with Crippen LogP contribution < -0.4 is 5.56 Å². The summed E-state index contributed by atoms with van der Waals surface area (Å²) in [5.74, 6) is 1.66. The number of carbonyl (C=O) groups is 1. The average Bonchev–Trinajstić information content (AvgIpc) is 3.48. The summed E-state index contributed by atoms with van der Waals surface area (Å²) in [6.07, 6.45) is 0.935. The quantitative estimate of drug-likeness (QED) is 0.435. The number of thiophene rings is 3. The molecule has 4 aromatic heterocycles. The van der Waals surface area contributed by atoms with Crippen LogP contribution in [-0.4, -0.2) is 33.1 Å². The fraction of sp³-hybridized carbons (Fsp3) is 0.286. The number of aromatic amines is 1. The van der Waals surface area contributed by atoms with Crippen molar-refractivity contribution in [2.24, 2.45) is 0 Å². The van der Waals surface area contributed by atoms with Crippen LogP contribution in [0.2, 0.25) is 0 Å². The molecule has 0 spiro atoms. The lowest BCUT2D eigenvalue weighted by atomic mass is 10.0. The van der Waals surface area contributed by atoms with Gasteiger partial charge in [0.05, 0.1) is 22.9 Å². The van der Waals surface area contributed by atoms with Gasteiger partial charge in [-0.3, -0.25) is 9.59 Å². The Kier molecular flexibility index (Phi) is 5.53. The minimum absolute atomic E-state index is 0.110. The predicted octanol–water partition coefficient (Wildman–Crippen LogP) is 5.15. The Balaban J connectivity index is 1.26. The van der Waals surface area contributed by atoms with Crippen LogP contribution in [0, 0.1) is 0 Å². The van der Waals surface area contributed by atoms with E-state index in [9.17, 15) is 9.59 Å². The summed E-state index contributed by atoms with van der Waals surface area (Å²) >= 11 is 6.38. The Labute approximate surface area is 189 Å². The third kappa shape index (κ3) is 3.64. The molecule has 0 radical (unpaired) electrons. The maximum Gasteiger partial charge on any atom is 0.260 e. The molecule has 0 saturated heterocycles. The van der Waals surface area contributed by atoms with Crippen molar-refractivity contribution >= 4 is 61.9 Å². The minimum atomic E-state index is -0.110. The lowest BCUT2D eigenvalue weighted by Gasteiger charge is -2.33. The molecule has 1 unspecified atom stereocenters. The smallest absolute Gasteiger partial charge is 0.260 e. The average molecular weight is 474 g/mol. The summed E-state index contributed by atoms with van der Waals surface area (Å²) < 4.78 is 0. The van der Waals surface area contributed by atoms with Gasteiger partial charge in [-0.2, -0.15) is 0 Å². The van der Waals surface area contributed by atoms with Gasteiger partial charge in [0.2, 0.25) is 5.91 Å². The first-order valence-electron chi connectivity index (χ1n) is 9.59. The van der Waals surface area contributed by atoms with Gasteiger partial charge in [-0.05, 0) is 41.8 Å². The second kappa shape index (κ2) is 8.30. The van der Waals surface area contributed by atoms with E-state index in [1.807, 2.05) is 27.8 Å². The number of thioether (sulfide) groups is 1. The molecular weight excluding hydrogens is 455 g/mol. The Morgan fingerprint density at radius 1 is 1.30 bits per heavy atom. The maximum absolute atomic E-state index is 12.8. The first kappa shape index (κ1) is 20.0. The van der Waals surface area contributed by atoms with Crippen LogP contribution in [0.15, 0.2) is 39.1 Å². The van der Waals surface area contributed by atoms with Gasteiger partial charge >= 0.3 is 0 Å². The number of nitrogens with zero attached hydrogens (tertiary/aromatic N) is 2. The highest BCUT2D eigenvalue weighted by Crippen LogP contribution is 2.34. The van der Waals surface area contributed by atoms with E-state index in [0.29, 0.717) is 22.7 Å². The number of hydrogen-bond acceptors (Lipinski definition) is 7. The van der Waals surface area contributed by atoms with Gasteiger partial charge in [-0.1, -0.05) is 6.07 Å². The molecule has 4 aromatic rings. The SMILES string of the molecule is CC1c2ccsc2CCN1C(=O)CSCc1nc2scc(-c3cccs3)c2c(=O)[nH]1. The topological polar surface area (TPSA) is 66.1 Å². The summed E-state index contributed by atoms with van der Waals surface area (Å²) in [7, 11) is 0. The monoisotopic (exact) mass is 473 g/mol. The molecule has 1 N–H and O–H groups in total. The number of nitrogens with one attached hydrogen (secondary N) is 1. The van der Waals surface area contributed by atoms with E-state index in [1.165, 1.54) is 33.5 Å². The van der Waals surface area contributed by atoms with E-state index in [1.54, 1.807) is 22.7 Å². The largest absolute Gasteiger partial charge is 0.335 e. The number of rotatable bonds is 5. The maximum atomic E-state index is 12.8. The van der Waals surface area contributed by atoms with E-state index < -0.39 is 0 Å². The highest BCUT2D eigenvalue weighted by Gasteiger charge is 2.28. The minimum Gasteiger partial charge on any atom is -0.335 e. The van der Waals surface area contributed by atoms with Gasteiger partial charge < -0.3 is 9.88 Å². The summed E-state index contributed by atoms with van der Waals surface area (Å²) in [5, 5.41) is 6.76. The van der Waals surface area contributed by atoms with Crippen LogP contribution in [0.25, 0.3) is 20.7 Å². The standard InChI is InChI=1S/C21H19N3O2S4/c1-12-13-5-8-29-16(13)4-6-24(12)18(25)11-27-10-17-22-20(26)19-14(9-30-21(19)23-17)15-3-2-7-28-15/h2-3,5,7-9,12H,4,6,10-11H2,1H3,(H,22,23,26). The molecule has 5 heterocycles. The van der Waals surface area contributed by atoms with E-state index >= 15 is 0 Å². The fourth-order valence-electron chi connectivity index (χ4n) is 3.84. The Morgan fingerprint density at radius 2 is 2.20 bits per heavy atom. The number of carbonyl (C=O) groups excluding carboxylic acids is 1. The first-order chi connectivity index (χ1) is 14.6. The second-order valence-electron chi connectivity index (χ2n) is 7.12. The van der Waals surface area contributed by atoms with E-state index in [2.05, 4.69) is 28.3 Å². The van der Waals surface area contributed by atoms with Crippen molar-refractivity contribution in [3.05, 3.63) is 61.0 Å². The third-order valence-electron chi connectivity index (χ3n) is 5.34. The zero-order valence-corrected chi connectivity index (χ0v) is 19.5. The number of fused-ring (bicyclic) bond motifs is 2. The molecule has 1 atom stereocenters. The molecule has 5 nitrogen and oxygen atoms in total. The molecule has 1 amide bonds. The van der Waals surface area contributed by atoms with Crippen molar-refractivity contribution in [2.75, 3.05) is 12.3 Å². The van der Waals surface area contributed by atoms with Crippen molar-refractivity contribution in [3.8, 4) is 10.4 Å². The molecule has 0 aliphatic carbocycles. The second-order valence-corrected chi connectivity index (χ2v) is 10.9. The number of hydrogen-bond donors (Lipinski definition) is 1. The van der Waals surface area contributed by atoms with Crippen molar-refractivity contribution in [1.29, 1.82) is 0 Å². The summed E-state index contributed by atoms with van der Waals surface area (Å²) in [5.41, 5.74) is 2.11. The van der Waals surface area contributed by atoms with Crippen molar-refractivity contribution < 1.29 is 4.79 Å². The van der Waals surface area contributed by atoms with Gasteiger partial charge in [0.15, 0.2) is 0 Å². The lowest BCUT2D eigenvalue weighted by molar-refractivity contribution is -0.130. The zero-order valence-electron chi connectivity index (χ0n) is 16.2. The molecule has 1 aliphatic heterocycles. The van der Waals surface area contributed by atoms with E-state index in [0.717, 1.165) is 28.2 Å². The van der Waals surface area contributed by atoms with Gasteiger partial charge in [-0.25, -0.2) is 4.98 Å². The molecule has 154 valence electrons. The zero-order chi connectivity index (χ0) is 20.7. The summed E-state index contributed by atoms with van der Waals surface area (Å²) in [4.78, 5) is 38.2. The fourth-order valence-corrected chi connectivity index (χ4v) is 7.36. The molecule has 0 saturated carbocycles. The normalized spacial score (nSPS) is 16.2. The molecular formula is C21H19N3O2S4. The van der Waals surface area contributed by atoms with Crippen LogP contribution in [0.1, 0.15) is 29.2 Å². The number of H-pyrrole nitrogens is 1. The van der Waals surface area contributed by atoms with Crippen LogP contribution >= 0.6 is 45.8 Å². The van der Waals surface area contributed by atoms with E-state index in [4.69, 9.17) is 0 Å². The molecule has 1 aliphatic rings. The molecule has 30 heavy (non-hydrogen) atoms. The highest BCUT2D eigenvalue weighted by molar-refractivity contribution is 7.99.